The molecule has 2 fully saturated rings. The Morgan fingerprint density at radius 3 is 2.33 bits per heavy atom. The third kappa shape index (κ3) is 4.44. The van der Waals surface area contributed by atoms with Crippen LogP contribution in [0, 0.1) is 13.8 Å². The van der Waals surface area contributed by atoms with Gasteiger partial charge in [-0.05, 0) is 45.2 Å². The Balaban J connectivity index is 1.50. The molecule has 2 saturated heterocycles. The number of hydrogen-bond acceptors (Lipinski definition) is 7. The second-order valence-electron chi connectivity index (χ2n) is 8.32. The van der Waals surface area contributed by atoms with Crippen LogP contribution in [0.1, 0.15) is 30.7 Å². The molecule has 0 aliphatic carbocycles. The summed E-state index contributed by atoms with van der Waals surface area (Å²) in [5.41, 5.74) is 0.303. The van der Waals surface area contributed by atoms with E-state index in [-0.39, 0.29) is 47.6 Å². The molecule has 0 bridgehead atoms. The van der Waals surface area contributed by atoms with Gasteiger partial charge in [0.15, 0.2) is 5.76 Å². The quantitative estimate of drug-likeness (QED) is 0.613. The van der Waals surface area contributed by atoms with Crippen molar-refractivity contribution in [2.75, 3.05) is 32.7 Å². The third-order valence-electron chi connectivity index (χ3n) is 6.17. The number of aryl methyl sites for hydroxylation is 2. The highest BCUT2D eigenvalue weighted by molar-refractivity contribution is 7.89. The van der Waals surface area contributed by atoms with E-state index < -0.39 is 26.1 Å². The van der Waals surface area contributed by atoms with Crippen LogP contribution < -0.4 is 0 Å². The lowest BCUT2D eigenvalue weighted by atomic mass is 10.2. The second kappa shape index (κ2) is 9.16. The van der Waals surface area contributed by atoms with Gasteiger partial charge in [0.1, 0.15) is 16.6 Å². The van der Waals surface area contributed by atoms with Gasteiger partial charge in [0.25, 0.3) is 0 Å². The fourth-order valence-corrected chi connectivity index (χ4v) is 7.97. The summed E-state index contributed by atoms with van der Waals surface area (Å²) < 4.78 is 60.2. The van der Waals surface area contributed by atoms with E-state index in [1.807, 2.05) is 0 Å². The van der Waals surface area contributed by atoms with Crippen molar-refractivity contribution in [2.24, 2.45) is 0 Å². The summed E-state index contributed by atoms with van der Waals surface area (Å²) in [4.78, 5) is 15.2. The molecule has 1 amide bonds. The van der Waals surface area contributed by atoms with Gasteiger partial charge in [-0.1, -0.05) is 23.4 Å². The number of carbonyl (C=O) groups excluding carboxylic acids is 1. The lowest BCUT2D eigenvalue weighted by Gasteiger charge is -2.29. The molecule has 2 aliphatic heterocycles. The van der Waals surface area contributed by atoms with Crippen molar-refractivity contribution in [3.8, 4) is 0 Å². The Morgan fingerprint density at radius 2 is 1.67 bits per heavy atom. The molecular formula is C21H28N4O6S2. The fraction of sp³-hybridized carbons (Fsp3) is 0.524. The number of benzene rings is 1. The van der Waals surface area contributed by atoms with E-state index in [0.717, 1.165) is 0 Å². The number of sulfonamides is 2. The van der Waals surface area contributed by atoms with E-state index in [9.17, 15) is 21.6 Å². The minimum absolute atomic E-state index is 0.0678. The van der Waals surface area contributed by atoms with E-state index >= 15 is 0 Å². The summed E-state index contributed by atoms with van der Waals surface area (Å²) in [5.74, 6) is -0.0408. The highest BCUT2D eigenvalue weighted by Crippen LogP contribution is 2.28. The lowest BCUT2D eigenvalue weighted by molar-refractivity contribution is -0.134. The maximum Gasteiger partial charge on any atom is 0.248 e. The van der Waals surface area contributed by atoms with Crippen LogP contribution in [0.2, 0.25) is 0 Å². The normalized spacial score (nSPS) is 21.3. The van der Waals surface area contributed by atoms with Crippen molar-refractivity contribution < 1.29 is 26.2 Å². The molecule has 3 heterocycles. The maximum absolute atomic E-state index is 13.4. The number of amides is 1. The number of hydrogen-bond donors (Lipinski definition) is 0. The zero-order valence-corrected chi connectivity index (χ0v) is 20.3. The first-order chi connectivity index (χ1) is 15.6. The van der Waals surface area contributed by atoms with E-state index in [1.54, 1.807) is 36.9 Å². The summed E-state index contributed by atoms with van der Waals surface area (Å²) in [7, 11) is -7.60. The number of carbonyl (C=O) groups is 1. The van der Waals surface area contributed by atoms with Gasteiger partial charge in [-0.2, -0.15) is 8.61 Å². The first-order valence-electron chi connectivity index (χ1n) is 10.9. The first-order valence-corrected chi connectivity index (χ1v) is 13.8. The molecule has 33 heavy (non-hydrogen) atoms. The summed E-state index contributed by atoms with van der Waals surface area (Å²) in [6.07, 6.45) is 1.50. The lowest BCUT2D eigenvalue weighted by Crippen LogP contribution is -2.48. The van der Waals surface area contributed by atoms with Crippen molar-refractivity contribution in [1.82, 2.24) is 18.7 Å². The minimum atomic E-state index is -3.81. The van der Waals surface area contributed by atoms with Gasteiger partial charge in [-0.15, -0.1) is 0 Å². The van der Waals surface area contributed by atoms with Gasteiger partial charge in [-0.25, -0.2) is 16.8 Å². The summed E-state index contributed by atoms with van der Waals surface area (Å²) in [5, 5.41) is 3.74. The molecule has 12 heteroatoms. The van der Waals surface area contributed by atoms with E-state index in [0.29, 0.717) is 31.5 Å². The maximum atomic E-state index is 13.4. The molecule has 10 nitrogen and oxygen atoms in total. The molecule has 0 radical (unpaired) electrons. The Kier molecular flexibility index (Phi) is 6.63. The van der Waals surface area contributed by atoms with Crippen LogP contribution in [0.25, 0.3) is 0 Å². The van der Waals surface area contributed by atoms with Crippen molar-refractivity contribution in [3.05, 3.63) is 41.8 Å². The first kappa shape index (κ1) is 23.9. The summed E-state index contributed by atoms with van der Waals surface area (Å²) in [6, 6.07) is 7.33. The molecule has 0 N–H and O–H groups in total. The van der Waals surface area contributed by atoms with Crippen LogP contribution in [-0.4, -0.2) is 80.2 Å². The molecular weight excluding hydrogens is 468 g/mol. The summed E-state index contributed by atoms with van der Waals surface area (Å²) >= 11 is 0. The Hall–Kier alpha value is -2.28. The van der Waals surface area contributed by atoms with Gasteiger partial charge >= 0.3 is 0 Å². The van der Waals surface area contributed by atoms with E-state index in [1.165, 1.54) is 20.7 Å². The average Bonchev–Trinajstić information content (AvgIpc) is 3.33. The molecule has 2 aromatic rings. The molecule has 0 spiro atoms. The van der Waals surface area contributed by atoms with E-state index in [4.69, 9.17) is 4.52 Å². The number of aromatic nitrogens is 1. The molecule has 1 unspecified atom stereocenters. The molecule has 0 saturated carbocycles. The van der Waals surface area contributed by atoms with Crippen LogP contribution in [-0.2, 0) is 24.8 Å². The monoisotopic (exact) mass is 496 g/mol. The zero-order chi connectivity index (χ0) is 23.8. The SMILES string of the molecule is Cc1noc(C)c1S(=O)(=O)N1CCCN(C(=O)C2CCCN2S(=O)(=O)c2ccccc2)CC1. The topological polar surface area (TPSA) is 121 Å². The molecule has 1 aromatic heterocycles. The highest BCUT2D eigenvalue weighted by Gasteiger charge is 2.42. The van der Waals surface area contributed by atoms with E-state index in [2.05, 4.69) is 5.16 Å². The van der Waals surface area contributed by atoms with Crippen molar-refractivity contribution >= 4 is 26.0 Å². The van der Waals surface area contributed by atoms with Gasteiger partial charge in [0.05, 0.1) is 4.90 Å². The van der Waals surface area contributed by atoms with Crippen LogP contribution >= 0.6 is 0 Å². The molecule has 4 rings (SSSR count). The van der Waals surface area contributed by atoms with Crippen molar-refractivity contribution in [1.29, 1.82) is 0 Å². The number of nitrogens with zero attached hydrogens (tertiary/aromatic N) is 4. The molecule has 2 aliphatic rings. The van der Waals surface area contributed by atoms with Gasteiger partial charge < -0.3 is 9.42 Å². The van der Waals surface area contributed by atoms with Gasteiger partial charge in [0, 0.05) is 32.7 Å². The van der Waals surface area contributed by atoms with Crippen molar-refractivity contribution in [3.63, 3.8) is 0 Å². The Morgan fingerprint density at radius 1 is 0.939 bits per heavy atom. The highest BCUT2D eigenvalue weighted by atomic mass is 32.2. The van der Waals surface area contributed by atoms with Crippen LogP contribution in [0.5, 0.6) is 0 Å². The average molecular weight is 497 g/mol. The largest absolute Gasteiger partial charge is 0.360 e. The minimum Gasteiger partial charge on any atom is -0.360 e. The third-order valence-corrected chi connectivity index (χ3v) is 10.2. The standard InChI is InChI=1S/C21H28N4O6S2/c1-16-20(17(2)31-22-16)33(29,30)24-12-7-11-23(14-15-24)21(26)19-10-6-13-25(19)32(27,28)18-8-4-3-5-9-18/h3-5,8-9,19H,6-7,10-15H2,1-2H3. The van der Waals surface area contributed by atoms with Crippen molar-refractivity contribution in [2.45, 2.75) is 48.9 Å². The molecule has 1 aromatic carbocycles. The van der Waals surface area contributed by atoms with Gasteiger partial charge in [-0.3, -0.25) is 4.79 Å². The Labute approximate surface area is 194 Å². The fourth-order valence-electron chi connectivity index (χ4n) is 4.54. The van der Waals surface area contributed by atoms with Crippen LogP contribution in [0.3, 0.4) is 0 Å². The predicted octanol–water partition coefficient (Wildman–Crippen LogP) is 1.37. The number of rotatable bonds is 5. The smallest absolute Gasteiger partial charge is 0.248 e. The van der Waals surface area contributed by atoms with Crippen LogP contribution in [0.15, 0.2) is 44.6 Å². The summed E-state index contributed by atoms with van der Waals surface area (Å²) in [6.45, 7) is 4.36. The zero-order valence-electron chi connectivity index (χ0n) is 18.7. The molecule has 180 valence electrons. The Bertz CT molecular complexity index is 1210. The van der Waals surface area contributed by atoms with Gasteiger partial charge in [0.2, 0.25) is 26.0 Å². The second-order valence-corrected chi connectivity index (χ2v) is 12.1. The molecule has 1 atom stereocenters. The van der Waals surface area contributed by atoms with Crippen LogP contribution in [0.4, 0.5) is 0 Å². The predicted molar refractivity (Wildman–Crippen MR) is 119 cm³/mol.